The van der Waals surface area contributed by atoms with Gasteiger partial charge in [-0.1, -0.05) is 90.7 Å². The summed E-state index contributed by atoms with van der Waals surface area (Å²) in [6.07, 6.45) is 14.0. The van der Waals surface area contributed by atoms with Gasteiger partial charge in [0.15, 0.2) is 0 Å². The first-order valence-electron chi connectivity index (χ1n) is 26.2. The van der Waals surface area contributed by atoms with Gasteiger partial charge in [-0.25, -0.2) is 10.9 Å². The Bertz CT molecular complexity index is 2200. The van der Waals surface area contributed by atoms with Crippen molar-refractivity contribution in [1.82, 2.24) is 31.8 Å². The molecule has 394 valence electrons. The van der Waals surface area contributed by atoms with Gasteiger partial charge in [-0.05, 0) is 123 Å². The Labute approximate surface area is 422 Å². The van der Waals surface area contributed by atoms with Gasteiger partial charge in [-0.15, -0.1) is 0 Å². The van der Waals surface area contributed by atoms with Gasteiger partial charge in [0, 0.05) is 53.6 Å². The molecule has 0 spiro atoms. The number of aromatic nitrogens is 1. The Morgan fingerprint density at radius 1 is 0.761 bits per heavy atom. The number of rotatable bonds is 19. The molecule has 0 fully saturated rings. The summed E-state index contributed by atoms with van der Waals surface area (Å²) in [7, 11) is 0. The van der Waals surface area contributed by atoms with E-state index in [4.69, 9.17) is 0 Å². The first-order valence-corrected chi connectivity index (χ1v) is 26.2. The molecule has 3 rings (SSSR count). The molecule has 15 heteroatoms. The normalized spacial score (nSPS) is 24.3. The molecule has 0 bridgehead atoms. The Morgan fingerprint density at radius 3 is 2.07 bits per heavy atom. The van der Waals surface area contributed by atoms with Crippen molar-refractivity contribution in [3.63, 3.8) is 0 Å². The van der Waals surface area contributed by atoms with Crippen LogP contribution in [0.5, 0.6) is 0 Å². The highest BCUT2D eigenvalue weighted by Crippen LogP contribution is 2.35. The van der Waals surface area contributed by atoms with E-state index in [1.165, 1.54) is 27.7 Å². The van der Waals surface area contributed by atoms with Gasteiger partial charge in [-0.2, -0.15) is 0 Å². The van der Waals surface area contributed by atoms with E-state index < -0.39 is 76.2 Å². The topological polar surface area (TPSA) is 230 Å². The summed E-state index contributed by atoms with van der Waals surface area (Å²) in [6.45, 7) is 18.5. The largest absolute Gasteiger partial charge is 0.361 e. The number of fused-ring (bicyclic) bond motifs is 1. The number of amides is 3. The first kappa shape index (κ1) is 60.2. The molecular formula is C56H86N6O9. The zero-order valence-electron chi connectivity index (χ0n) is 44.6. The number of hydrogen-bond acceptors (Lipinski definition) is 11. The Kier molecular flexibility index (Phi) is 24.4. The molecule has 6 N–H and O–H groups in total. The average Bonchev–Trinajstić information content (AvgIpc) is 3.72. The maximum atomic E-state index is 14.5. The minimum atomic E-state index is -1.49. The smallest absolute Gasteiger partial charge is 0.246 e. The van der Waals surface area contributed by atoms with Crippen LogP contribution in [0.1, 0.15) is 178 Å². The highest BCUT2D eigenvalue weighted by Gasteiger charge is 2.40. The molecule has 1 unspecified atom stereocenters. The number of Topliss-reactive ketones (excluding diaryl/α,β-unsaturated/α-hetero) is 6. The molecule has 9 atom stereocenters. The van der Waals surface area contributed by atoms with Crippen molar-refractivity contribution in [2.24, 2.45) is 29.1 Å². The molecule has 0 aliphatic carbocycles. The van der Waals surface area contributed by atoms with Crippen molar-refractivity contribution < 1.29 is 43.2 Å². The molecule has 3 amide bonds. The van der Waals surface area contributed by atoms with Crippen LogP contribution < -0.4 is 26.8 Å². The lowest BCUT2D eigenvalue weighted by Gasteiger charge is -2.33. The van der Waals surface area contributed by atoms with Gasteiger partial charge in [0.05, 0.1) is 18.1 Å². The minimum Gasteiger partial charge on any atom is -0.361 e. The second-order valence-electron chi connectivity index (χ2n) is 21.4. The lowest BCUT2D eigenvalue weighted by Crippen LogP contribution is -2.61. The summed E-state index contributed by atoms with van der Waals surface area (Å²) in [5, 5.41) is 9.32. The molecule has 2 heterocycles. The van der Waals surface area contributed by atoms with Gasteiger partial charge in [0.25, 0.3) is 0 Å². The summed E-state index contributed by atoms with van der Waals surface area (Å²) in [5.74, 6) is -5.44. The van der Waals surface area contributed by atoms with E-state index in [-0.39, 0.29) is 67.1 Å². The second kappa shape index (κ2) is 28.8. The van der Waals surface area contributed by atoms with E-state index in [1.807, 2.05) is 58.2 Å². The van der Waals surface area contributed by atoms with Crippen LogP contribution in [-0.2, 0) is 49.6 Å². The van der Waals surface area contributed by atoms with Crippen LogP contribution in [-0.4, -0.2) is 87.1 Å². The van der Waals surface area contributed by atoms with E-state index in [9.17, 15) is 43.2 Å². The van der Waals surface area contributed by atoms with E-state index in [1.54, 1.807) is 20.8 Å². The fraction of sp³-hybridized carbons (Fsp3) is 0.661. The number of ketones is 6. The number of hydrogen-bond donors (Lipinski definition) is 6. The predicted molar refractivity (Wildman–Crippen MR) is 278 cm³/mol. The minimum absolute atomic E-state index is 0.0149. The monoisotopic (exact) mass is 987 g/mol. The number of carbonyl (C=O) groups is 9. The molecule has 15 nitrogen and oxygen atoms in total. The average molecular weight is 987 g/mol. The van der Waals surface area contributed by atoms with E-state index in [0.29, 0.717) is 38.5 Å². The van der Waals surface area contributed by atoms with Crippen molar-refractivity contribution >= 4 is 63.3 Å². The second-order valence-corrected chi connectivity index (χ2v) is 21.4. The molecule has 1 aliphatic rings. The number of nitrogens with one attached hydrogen (secondary N) is 6. The predicted octanol–water partition coefficient (Wildman–Crippen LogP) is 7.87. The lowest BCUT2D eigenvalue weighted by atomic mass is 9.72. The summed E-state index contributed by atoms with van der Waals surface area (Å²) < 4.78 is 0. The third-order valence-corrected chi connectivity index (χ3v) is 14.5. The van der Waals surface area contributed by atoms with Gasteiger partial charge < -0.3 is 20.9 Å². The van der Waals surface area contributed by atoms with Crippen molar-refractivity contribution in [3.8, 4) is 0 Å². The molecular weight excluding hydrogens is 901 g/mol. The zero-order valence-corrected chi connectivity index (χ0v) is 44.6. The van der Waals surface area contributed by atoms with Crippen LogP contribution in [0.3, 0.4) is 0 Å². The SMILES string of the molecule is CC[C@H](C)[C@H](NN[C@H](C)C(C)=O)C(=O)C(=O)C(C)NC(=O)[C@H](C)NC(=O)[C@]1(C)CCC/C=C/CCCCCC[C@@](C)(CC(C)=O)C(=O)C[C@@H](Cc2c[nH]c3ccccc23)C(=O)CC[C@@H](CC(C)C)C(=O)N1. The summed E-state index contributed by atoms with van der Waals surface area (Å²) in [5.41, 5.74) is 5.05. The van der Waals surface area contributed by atoms with Crippen LogP contribution >= 0.6 is 0 Å². The number of aromatic amines is 1. The van der Waals surface area contributed by atoms with E-state index >= 15 is 0 Å². The van der Waals surface area contributed by atoms with Crippen molar-refractivity contribution in [2.75, 3.05) is 0 Å². The summed E-state index contributed by atoms with van der Waals surface area (Å²) in [6, 6.07) is 3.81. The Balaban J connectivity index is 1.90. The number of H-pyrrole nitrogens is 1. The van der Waals surface area contributed by atoms with E-state index in [0.717, 1.165) is 48.6 Å². The van der Waals surface area contributed by atoms with E-state index in [2.05, 4.69) is 43.9 Å². The molecule has 1 aromatic carbocycles. The Hall–Kier alpha value is -5.15. The van der Waals surface area contributed by atoms with Crippen molar-refractivity contribution in [3.05, 3.63) is 48.2 Å². The maximum Gasteiger partial charge on any atom is 0.246 e. The van der Waals surface area contributed by atoms with Crippen LogP contribution in [0.15, 0.2) is 42.6 Å². The summed E-state index contributed by atoms with van der Waals surface area (Å²) >= 11 is 0. The molecule has 2 aromatic rings. The van der Waals surface area contributed by atoms with Gasteiger partial charge in [0.1, 0.15) is 34.7 Å². The third-order valence-electron chi connectivity index (χ3n) is 14.5. The molecule has 0 radical (unpaired) electrons. The number of carbonyl (C=O) groups excluding carboxylic acids is 9. The number of hydrazine groups is 1. The molecule has 0 saturated carbocycles. The molecule has 1 aliphatic heterocycles. The van der Waals surface area contributed by atoms with Crippen LogP contribution in [0.25, 0.3) is 10.9 Å². The molecule has 1 aromatic heterocycles. The van der Waals surface area contributed by atoms with Gasteiger partial charge >= 0.3 is 0 Å². The zero-order chi connectivity index (χ0) is 53.1. The molecule has 0 saturated heterocycles. The molecule has 71 heavy (non-hydrogen) atoms. The maximum absolute atomic E-state index is 14.5. The fourth-order valence-corrected chi connectivity index (χ4v) is 9.41. The van der Waals surface area contributed by atoms with Crippen LogP contribution in [0, 0.1) is 29.1 Å². The third kappa shape index (κ3) is 18.8. The highest BCUT2D eigenvalue weighted by molar-refractivity contribution is 6.41. The Morgan fingerprint density at radius 2 is 1.42 bits per heavy atom. The standard InChI is InChI=1S/C56H86N6O9/c1-12-36(4)49(62-61-38(6)41(9)64)51(68)50(67)39(7)58-52(69)40(8)59-54(71)56(11)29-23-19-17-15-13-14-16-18-22-28-55(10,33-37(5)63)48(66)32-43(31-44-34-57-46-25-21-20-24-45(44)46)47(65)27-26-42(30-35(2)3)53(70)60-56/h15,17,20-21,24-25,34-36,38-40,42-43,49,57,61-62H,12-14,16,18-19,22-23,26-33H2,1-11H3,(H,58,69)(H,59,71)(H,60,70)/b17-15+/t36-,38+,39?,40-,42-,43+,49-,55-,56-/m0/s1. The highest BCUT2D eigenvalue weighted by atomic mass is 16.2. The van der Waals surface area contributed by atoms with Crippen molar-refractivity contribution in [1.29, 1.82) is 0 Å². The first-order chi connectivity index (χ1) is 33.4. The van der Waals surface area contributed by atoms with Gasteiger partial charge in [-0.3, -0.25) is 43.2 Å². The quantitative estimate of drug-likeness (QED) is 0.0451. The number of benzene rings is 1. The lowest BCUT2D eigenvalue weighted by molar-refractivity contribution is -0.141. The van der Waals surface area contributed by atoms with Crippen LogP contribution in [0.4, 0.5) is 0 Å². The number of para-hydroxylation sites is 1. The van der Waals surface area contributed by atoms with Crippen molar-refractivity contribution in [2.45, 2.75) is 209 Å². The van der Waals surface area contributed by atoms with Crippen LogP contribution in [0.2, 0.25) is 0 Å². The summed E-state index contributed by atoms with van der Waals surface area (Å²) in [4.78, 5) is 126. The van der Waals surface area contributed by atoms with Gasteiger partial charge in [0.2, 0.25) is 29.3 Å². The number of allylic oxidation sites excluding steroid dienone is 2. The fourth-order valence-electron chi connectivity index (χ4n) is 9.41.